The second-order valence-corrected chi connectivity index (χ2v) is 4.82. The number of hydrogen-bond donors (Lipinski definition) is 1. The number of rotatable bonds is 6. The van der Waals surface area contributed by atoms with Crippen molar-refractivity contribution < 1.29 is 12.3 Å². The van der Waals surface area contributed by atoms with Gasteiger partial charge in [0.05, 0.1) is 0 Å². The van der Waals surface area contributed by atoms with Crippen molar-refractivity contribution in [2.45, 2.75) is 24.5 Å². The molecule has 0 heterocycles. The van der Waals surface area contributed by atoms with E-state index >= 15 is 0 Å². The van der Waals surface area contributed by atoms with Crippen molar-refractivity contribution in [2.75, 3.05) is 0 Å². The van der Waals surface area contributed by atoms with Crippen molar-refractivity contribution in [3.05, 3.63) is 12.2 Å². The van der Waals surface area contributed by atoms with Gasteiger partial charge in [0.15, 0.2) is 0 Å². The van der Waals surface area contributed by atoms with Gasteiger partial charge in [0, 0.05) is 0 Å². The van der Waals surface area contributed by atoms with E-state index in [1.165, 1.54) is 0 Å². The Kier molecular flexibility index (Phi) is 5.64. The van der Waals surface area contributed by atoms with Gasteiger partial charge in [0.2, 0.25) is 0 Å². The summed E-state index contributed by atoms with van der Waals surface area (Å²) in [5.41, 5.74) is 5.29. The van der Waals surface area contributed by atoms with Gasteiger partial charge >= 0.3 is 75.1 Å². The first-order chi connectivity index (χ1) is 5.54. The van der Waals surface area contributed by atoms with Gasteiger partial charge in [-0.3, -0.25) is 0 Å². The molecule has 0 radical (unpaired) electrons. The first-order valence-corrected chi connectivity index (χ1v) is 6.49. The van der Waals surface area contributed by atoms with Gasteiger partial charge in [0.25, 0.3) is 0 Å². The standard InChI is InChI=1S/C7H12AsNO3/c1-6(7(9)10)4-2-3-5-8(11)12/h1-5H2,(H2,9,10). The fourth-order valence-corrected chi connectivity index (χ4v) is 1.71. The Morgan fingerprint density at radius 1 is 1.33 bits per heavy atom. The summed E-state index contributed by atoms with van der Waals surface area (Å²) < 4.78 is 20.4. The van der Waals surface area contributed by atoms with Crippen LogP contribution in [0, 0.1) is 0 Å². The fourth-order valence-electron chi connectivity index (χ4n) is 0.702. The zero-order chi connectivity index (χ0) is 9.56. The van der Waals surface area contributed by atoms with Crippen LogP contribution in [0.3, 0.4) is 0 Å². The van der Waals surface area contributed by atoms with Crippen LogP contribution < -0.4 is 5.73 Å². The zero-order valence-electron chi connectivity index (χ0n) is 6.78. The van der Waals surface area contributed by atoms with Gasteiger partial charge in [0.1, 0.15) is 0 Å². The number of amides is 1. The minimum absolute atomic E-state index is 0.249. The molecule has 0 fully saturated rings. The van der Waals surface area contributed by atoms with Crippen LogP contribution in [0.4, 0.5) is 0 Å². The van der Waals surface area contributed by atoms with Crippen LogP contribution in [0.5, 0.6) is 0 Å². The molecule has 0 aliphatic carbocycles. The Bertz CT molecular complexity index is 237. The number of carbonyl (C=O) groups excluding carboxylic acids is 1. The predicted molar refractivity (Wildman–Crippen MR) is 44.1 cm³/mol. The van der Waals surface area contributed by atoms with Crippen molar-refractivity contribution >= 4 is 20.4 Å². The van der Waals surface area contributed by atoms with Gasteiger partial charge in [-0.05, 0) is 0 Å². The summed E-state index contributed by atoms with van der Waals surface area (Å²) in [6.07, 6.45) is 1.76. The normalized spacial score (nSPS) is 9.33. The Labute approximate surface area is 75.5 Å². The van der Waals surface area contributed by atoms with E-state index in [9.17, 15) is 12.3 Å². The molecule has 0 aliphatic heterocycles. The summed E-state index contributed by atoms with van der Waals surface area (Å²) in [5, 5.41) is 0.249. The molecule has 0 spiro atoms. The van der Waals surface area contributed by atoms with E-state index in [0.717, 1.165) is 0 Å². The molecule has 0 aromatic carbocycles. The molecule has 4 nitrogen and oxygen atoms in total. The SMILES string of the molecule is C=C(CCCC[As](=O)=O)C(N)=O. The summed E-state index contributed by atoms with van der Waals surface area (Å²) in [6.45, 7) is 3.45. The van der Waals surface area contributed by atoms with Crippen molar-refractivity contribution in [3.63, 3.8) is 0 Å². The molecular weight excluding hydrogens is 221 g/mol. The Balaban J connectivity index is 3.44. The summed E-state index contributed by atoms with van der Waals surface area (Å²) >= 11 is -2.96. The third-order valence-electron chi connectivity index (χ3n) is 1.42. The van der Waals surface area contributed by atoms with Crippen LogP contribution in [0.25, 0.3) is 0 Å². The molecule has 12 heavy (non-hydrogen) atoms. The number of primary amides is 1. The fraction of sp³-hybridized carbons (Fsp3) is 0.571. The van der Waals surface area contributed by atoms with Gasteiger partial charge in [-0.1, -0.05) is 0 Å². The van der Waals surface area contributed by atoms with E-state index in [0.29, 0.717) is 24.8 Å². The van der Waals surface area contributed by atoms with Crippen LogP contribution in [0.2, 0.25) is 5.21 Å². The number of unbranched alkanes of at least 4 members (excludes halogenated alkanes) is 1. The van der Waals surface area contributed by atoms with Gasteiger partial charge < -0.3 is 0 Å². The molecule has 0 atom stereocenters. The molecule has 0 rings (SSSR count). The monoisotopic (exact) mass is 233 g/mol. The first-order valence-electron chi connectivity index (χ1n) is 3.63. The van der Waals surface area contributed by atoms with Crippen LogP contribution in [0.15, 0.2) is 12.2 Å². The molecule has 0 bridgehead atoms. The van der Waals surface area contributed by atoms with E-state index in [2.05, 4.69) is 6.58 Å². The van der Waals surface area contributed by atoms with Crippen molar-refractivity contribution in [1.29, 1.82) is 0 Å². The predicted octanol–water partition coefficient (Wildman–Crippen LogP) is 0.547. The second-order valence-electron chi connectivity index (χ2n) is 2.48. The Morgan fingerprint density at radius 3 is 2.33 bits per heavy atom. The average molecular weight is 233 g/mol. The summed E-state index contributed by atoms with van der Waals surface area (Å²) in [4.78, 5) is 10.4. The summed E-state index contributed by atoms with van der Waals surface area (Å²) in [5.74, 6) is -0.506. The molecule has 0 unspecified atom stereocenters. The molecule has 0 saturated carbocycles. The number of hydrogen-bond acceptors (Lipinski definition) is 3. The molecule has 68 valence electrons. The van der Waals surface area contributed by atoms with E-state index in [1.54, 1.807) is 0 Å². The molecule has 1 amide bonds. The Hall–Kier alpha value is -0.632. The van der Waals surface area contributed by atoms with Crippen molar-refractivity contribution in [1.82, 2.24) is 0 Å². The molecule has 0 saturated heterocycles. The van der Waals surface area contributed by atoms with Gasteiger partial charge in [-0.15, -0.1) is 0 Å². The zero-order valence-corrected chi connectivity index (χ0v) is 8.66. The van der Waals surface area contributed by atoms with Gasteiger partial charge in [-0.25, -0.2) is 0 Å². The minimum atomic E-state index is -2.96. The molecule has 2 N–H and O–H groups in total. The van der Waals surface area contributed by atoms with E-state index in [-0.39, 0.29) is 5.21 Å². The summed E-state index contributed by atoms with van der Waals surface area (Å²) in [7, 11) is 0. The van der Waals surface area contributed by atoms with E-state index in [4.69, 9.17) is 5.73 Å². The van der Waals surface area contributed by atoms with Crippen molar-refractivity contribution in [3.8, 4) is 0 Å². The molecular formula is C7H12AsNO3. The van der Waals surface area contributed by atoms with Crippen LogP contribution >= 0.6 is 0 Å². The molecule has 0 aliphatic rings. The maximum absolute atomic E-state index is 10.4. The quantitative estimate of drug-likeness (QED) is 0.413. The van der Waals surface area contributed by atoms with Gasteiger partial charge in [-0.2, -0.15) is 0 Å². The summed E-state index contributed by atoms with van der Waals surface area (Å²) in [6, 6.07) is 0. The topological polar surface area (TPSA) is 77.2 Å². The third-order valence-corrected chi connectivity index (χ3v) is 2.85. The molecule has 5 heteroatoms. The second kappa shape index (κ2) is 5.95. The van der Waals surface area contributed by atoms with Crippen LogP contribution in [-0.2, 0) is 12.3 Å². The number of nitrogens with two attached hydrogens (primary N) is 1. The Morgan fingerprint density at radius 2 is 1.92 bits per heavy atom. The molecule has 0 aromatic heterocycles. The van der Waals surface area contributed by atoms with Crippen LogP contribution in [-0.4, -0.2) is 20.4 Å². The molecule has 0 aromatic rings. The van der Waals surface area contributed by atoms with Crippen molar-refractivity contribution in [2.24, 2.45) is 5.73 Å². The van der Waals surface area contributed by atoms with E-state index < -0.39 is 20.4 Å². The van der Waals surface area contributed by atoms with Crippen LogP contribution in [0.1, 0.15) is 19.3 Å². The number of carbonyl (C=O) groups is 1. The van der Waals surface area contributed by atoms with E-state index in [1.807, 2.05) is 0 Å². The maximum atomic E-state index is 10.4. The third kappa shape index (κ3) is 6.10. The average Bonchev–Trinajstić information content (AvgIpc) is 1.97. The first kappa shape index (κ1) is 11.4.